The average Bonchev–Trinajstić information content (AvgIpc) is 2.50. The largest absolute Gasteiger partial charge is 0.481 e. The van der Waals surface area contributed by atoms with Gasteiger partial charge in [0, 0.05) is 6.54 Å². The highest BCUT2D eigenvalue weighted by molar-refractivity contribution is 5.84. The fourth-order valence-electron chi connectivity index (χ4n) is 2.15. The maximum absolute atomic E-state index is 12.1. The van der Waals surface area contributed by atoms with Crippen molar-refractivity contribution in [2.24, 2.45) is 5.92 Å². The van der Waals surface area contributed by atoms with Crippen LogP contribution < -0.4 is 10.1 Å². The first-order valence-electron chi connectivity index (χ1n) is 7.53. The smallest absolute Gasteiger partial charge is 0.261 e. The summed E-state index contributed by atoms with van der Waals surface area (Å²) in [6.45, 7) is 6.79. The second-order valence-corrected chi connectivity index (χ2v) is 5.66. The maximum Gasteiger partial charge on any atom is 0.261 e. The highest BCUT2D eigenvalue weighted by Crippen LogP contribution is 2.22. The zero-order chi connectivity index (χ0) is 15.2. The first kappa shape index (κ1) is 15.4. The summed E-state index contributed by atoms with van der Waals surface area (Å²) < 4.78 is 5.85. The lowest BCUT2D eigenvalue weighted by Gasteiger charge is -2.18. The molecule has 0 aliphatic rings. The van der Waals surface area contributed by atoms with E-state index in [2.05, 4.69) is 25.2 Å². The van der Waals surface area contributed by atoms with E-state index in [0.717, 1.165) is 11.1 Å². The van der Waals surface area contributed by atoms with Crippen LogP contribution in [0.4, 0.5) is 0 Å². The van der Waals surface area contributed by atoms with Crippen LogP contribution in [0.5, 0.6) is 5.75 Å². The molecule has 0 fully saturated rings. The van der Waals surface area contributed by atoms with E-state index in [-0.39, 0.29) is 5.91 Å². The summed E-state index contributed by atoms with van der Waals surface area (Å²) in [6, 6.07) is 14.0. The number of hydrogen-bond acceptors (Lipinski definition) is 2. The minimum absolute atomic E-state index is 0.0423. The third-order valence-corrected chi connectivity index (χ3v) is 3.35. The van der Waals surface area contributed by atoms with Crippen molar-refractivity contribution in [3.8, 4) is 5.75 Å². The predicted molar refractivity (Wildman–Crippen MR) is 86.5 cm³/mol. The molecule has 0 saturated carbocycles. The molecule has 0 aromatic heterocycles. The van der Waals surface area contributed by atoms with Crippen molar-refractivity contribution in [3.05, 3.63) is 42.5 Å². The van der Waals surface area contributed by atoms with Gasteiger partial charge in [-0.1, -0.05) is 51.1 Å². The lowest BCUT2D eigenvalue weighted by atomic mass is 10.1. The summed E-state index contributed by atoms with van der Waals surface area (Å²) in [5.74, 6) is 1.13. The van der Waals surface area contributed by atoms with Gasteiger partial charge in [0.25, 0.3) is 5.91 Å². The minimum atomic E-state index is -0.440. The minimum Gasteiger partial charge on any atom is -0.481 e. The van der Waals surface area contributed by atoms with E-state index in [1.54, 1.807) is 0 Å². The number of carbonyl (C=O) groups excluding carboxylic acids is 1. The molecule has 2 aromatic carbocycles. The molecule has 2 rings (SSSR count). The zero-order valence-corrected chi connectivity index (χ0v) is 12.9. The number of hydrogen-bond donors (Lipinski definition) is 1. The van der Waals surface area contributed by atoms with Crippen molar-refractivity contribution in [1.29, 1.82) is 0 Å². The number of carbonyl (C=O) groups is 1. The van der Waals surface area contributed by atoms with E-state index >= 15 is 0 Å². The monoisotopic (exact) mass is 285 g/mol. The van der Waals surface area contributed by atoms with Crippen LogP contribution in [0.1, 0.15) is 27.2 Å². The van der Waals surface area contributed by atoms with Crippen LogP contribution in [0, 0.1) is 5.92 Å². The van der Waals surface area contributed by atoms with Gasteiger partial charge in [0.05, 0.1) is 0 Å². The third-order valence-electron chi connectivity index (χ3n) is 3.35. The Bertz CT molecular complexity index is 607. The number of benzene rings is 2. The Morgan fingerprint density at radius 1 is 1.14 bits per heavy atom. The standard InChI is InChI=1S/C18H23NO2/c1-4-17(18(20)19-12-13(2)3)21-16-10-9-14-7-5-6-8-15(14)11-16/h5-11,13,17H,4,12H2,1-3H3,(H,19,20)/t17-/m0/s1. The molecule has 112 valence electrons. The van der Waals surface area contributed by atoms with Crippen molar-refractivity contribution in [2.75, 3.05) is 6.54 Å². The first-order chi connectivity index (χ1) is 10.1. The Balaban J connectivity index is 2.07. The topological polar surface area (TPSA) is 38.3 Å². The number of nitrogens with one attached hydrogen (secondary N) is 1. The fourth-order valence-corrected chi connectivity index (χ4v) is 2.15. The molecule has 0 aliphatic carbocycles. The van der Waals surface area contributed by atoms with Crippen LogP contribution in [-0.4, -0.2) is 18.6 Å². The number of amides is 1. The second kappa shape index (κ2) is 7.11. The van der Waals surface area contributed by atoms with Crippen LogP contribution in [0.2, 0.25) is 0 Å². The SMILES string of the molecule is CC[C@H](Oc1ccc2ccccc2c1)C(=O)NCC(C)C. The molecular formula is C18H23NO2. The Kier molecular flexibility index (Phi) is 5.20. The van der Waals surface area contributed by atoms with Crippen LogP contribution in [0.3, 0.4) is 0 Å². The summed E-state index contributed by atoms with van der Waals surface area (Å²) >= 11 is 0. The van der Waals surface area contributed by atoms with Crippen molar-refractivity contribution < 1.29 is 9.53 Å². The summed E-state index contributed by atoms with van der Waals surface area (Å²) in [4.78, 5) is 12.1. The normalized spacial score (nSPS) is 12.4. The molecule has 0 heterocycles. The highest BCUT2D eigenvalue weighted by atomic mass is 16.5. The highest BCUT2D eigenvalue weighted by Gasteiger charge is 2.18. The zero-order valence-electron chi connectivity index (χ0n) is 12.9. The van der Waals surface area contributed by atoms with Gasteiger partial charge < -0.3 is 10.1 Å². The van der Waals surface area contributed by atoms with Gasteiger partial charge in [0.1, 0.15) is 5.75 Å². The maximum atomic E-state index is 12.1. The first-order valence-corrected chi connectivity index (χ1v) is 7.53. The summed E-state index contributed by atoms with van der Waals surface area (Å²) in [5, 5.41) is 5.21. The van der Waals surface area contributed by atoms with Crippen molar-refractivity contribution in [3.63, 3.8) is 0 Å². The molecule has 0 aliphatic heterocycles. The van der Waals surface area contributed by atoms with E-state index < -0.39 is 6.10 Å². The van der Waals surface area contributed by atoms with Gasteiger partial charge in [-0.3, -0.25) is 4.79 Å². The molecule has 1 atom stereocenters. The van der Waals surface area contributed by atoms with Crippen LogP contribution in [0.15, 0.2) is 42.5 Å². The molecule has 21 heavy (non-hydrogen) atoms. The summed E-state index contributed by atoms with van der Waals surface area (Å²) in [5.41, 5.74) is 0. The van der Waals surface area contributed by atoms with Gasteiger partial charge in [-0.05, 0) is 35.2 Å². The molecule has 1 N–H and O–H groups in total. The molecule has 3 nitrogen and oxygen atoms in total. The van der Waals surface area contributed by atoms with Gasteiger partial charge in [-0.25, -0.2) is 0 Å². The van der Waals surface area contributed by atoms with Gasteiger partial charge in [-0.2, -0.15) is 0 Å². The van der Waals surface area contributed by atoms with Crippen LogP contribution >= 0.6 is 0 Å². The molecular weight excluding hydrogens is 262 g/mol. The van der Waals surface area contributed by atoms with Crippen molar-refractivity contribution >= 4 is 16.7 Å². The molecule has 0 saturated heterocycles. The van der Waals surface area contributed by atoms with E-state index in [4.69, 9.17) is 4.74 Å². The van der Waals surface area contributed by atoms with E-state index in [1.807, 2.05) is 43.3 Å². The molecule has 2 aromatic rings. The van der Waals surface area contributed by atoms with Crippen molar-refractivity contribution in [1.82, 2.24) is 5.32 Å². The van der Waals surface area contributed by atoms with Gasteiger partial charge >= 0.3 is 0 Å². The Morgan fingerprint density at radius 3 is 2.52 bits per heavy atom. The summed E-state index contributed by atoms with van der Waals surface area (Å²) in [6.07, 6.45) is 0.210. The molecule has 0 spiro atoms. The second-order valence-electron chi connectivity index (χ2n) is 5.66. The third kappa shape index (κ3) is 4.22. The number of fused-ring (bicyclic) bond motifs is 1. The molecule has 3 heteroatoms. The quantitative estimate of drug-likeness (QED) is 0.877. The van der Waals surface area contributed by atoms with Gasteiger partial charge in [-0.15, -0.1) is 0 Å². The number of rotatable bonds is 6. The molecule has 1 amide bonds. The van der Waals surface area contributed by atoms with E-state index in [9.17, 15) is 4.79 Å². The molecule has 0 unspecified atom stereocenters. The van der Waals surface area contributed by atoms with Crippen LogP contribution in [-0.2, 0) is 4.79 Å². The fraction of sp³-hybridized carbons (Fsp3) is 0.389. The van der Waals surface area contributed by atoms with Gasteiger partial charge in [0.2, 0.25) is 0 Å². The van der Waals surface area contributed by atoms with Gasteiger partial charge in [0.15, 0.2) is 6.10 Å². The predicted octanol–water partition coefficient (Wildman–Crippen LogP) is 3.77. The Labute approximate surface area is 126 Å². The molecule has 0 bridgehead atoms. The lowest BCUT2D eigenvalue weighted by Crippen LogP contribution is -2.39. The van der Waals surface area contributed by atoms with Crippen molar-refractivity contribution in [2.45, 2.75) is 33.3 Å². The van der Waals surface area contributed by atoms with Crippen LogP contribution in [0.25, 0.3) is 10.8 Å². The number of ether oxygens (including phenoxy) is 1. The van der Waals surface area contributed by atoms with E-state index in [0.29, 0.717) is 18.9 Å². The van der Waals surface area contributed by atoms with E-state index in [1.165, 1.54) is 5.39 Å². The summed E-state index contributed by atoms with van der Waals surface area (Å²) in [7, 11) is 0. The Morgan fingerprint density at radius 2 is 1.86 bits per heavy atom. The Hall–Kier alpha value is -2.03. The molecule has 0 radical (unpaired) electrons. The average molecular weight is 285 g/mol. The lowest BCUT2D eigenvalue weighted by molar-refractivity contribution is -0.128.